The van der Waals surface area contributed by atoms with E-state index in [-0.39, 0.29) is 23.1 Å². The Morgan fingerprint density at radius 1 is 1.21 bits per heavy atom. The summed E-state index contributed by atoms with van der Waals surface area (Å²) in [5, 5.41) is 10.5. The number of rotatable bonds is 8. The zero-order valence-electron chi connectivity index (χ0n) is 33.1. The molecule has 2 heterocycles. The Balaban J connectivity index is -0.000000274. The van der Waals surface area contributed by atoms with Gasteiger partial charge in [-0.1, -0.05) is 113 Å². The molecular formula is C38H72N4O4S2. The standard InChI is InChI=1S/C12H12N2OS.C11H22N2O.C5H12OS.C3H6O.C3H8.2C2H6/c1-9-12(16-8-14-9)11-4-2-10(3-5-11)6-13-7-15;1-8-6-5-7-13(8)10(14)9(12)11(2,3)4;1-5(2)4-7-6-3;1-3(2)4;1-3-2;2*1-2/h2-5,7-8H,6H2,1H3,(H,13,15);8-9H,5-7,12H2,1-4H3;5H,4H2,1-3H3;4H,1H2,2H3;3H2,1-2H3;2*1-2H3. The summed E-state index contributed by atoms with van der Waals surface area (Å²) in [4.78, 5) is 29.5. The number of amides is 2. The van der Waals surface area contributed by atoms with Crippen LogP contribution in [0.2, 0.25) is 0 Å². The molecule has 2 atom stereocenters. The number of likely N-dealkylation sites (tertiary alicyclic amines) is 1. The summed E-state index contributed by atoms with van der Waals surface area (Å²) in [6.45, 7) is 32.8. The molecule has 0 bridgehead atoms. The van der Waals surface area contributed by atoms with Crippen LogP contribution in [0.5, 0.6) is 0 Å². The van der Waals surface area contributed by atoms with Crippen molar-refractivity contribution < 1.29 is 18.9 Å². The summed E-state index contributed by atoms with van der Waals surface area (Å²) < 4.78 is 4.77. The van der Waals surface area contributed by atoms with Crippen molar-refractivity contribution in [1.82, 2.24) is 15.2 Å². The number of aliphatic hydroxyl groups excluding tert-OH is 1. The average molecular weight is 713 g/mol. The number of nitrogens with two attached hydrogens (primary N) is 1. The van der Waals surface area contributed by atoms with Gasteiger partial charge in [0.05, 0.1) is 35.0 Å². The molecule has 48 heavy (non-hydrogen) atoms. The average Bonchev–Trinajstić information content (AvgIpc) is 3.68. The van der Waals surface area contributed by atoms with Gasteiger partial charge in [-0.15, -0.1) is 11.3 Å². The molecule has 8 nitrogen and oxygen atoms in total. The number of hydrogen-bond acceptors (Lipinski definition) is 8. The second-order valence-electron chi connectivity index (χ2n) is 12.1. The first kappa shape index (κ1) is 52.4. The maximum Gasteiger partial charge on any atom is 0.240 e. The van der Waals surface area contributed by atoms with Gasteiger partial charge in [0.2, 0.25) is 12.3 Å². The molecule has 2 aromatic rings. The van der Waals surface area contributed by atoms with Crippen molar-refractivity contribution in [2.45, 2.75) is 135 Å². The number of aryl methyl sites for hydroxylation is 1. The van der Waals surface area contributed by atoms with Gasteiger partial charge in [-0.25, -0.2) is 4.98 Å². The summed E-state index contributed by atoms with van der Waals surface area (Å²) in [5.74, 6) is 2.11. The van der Waals surface area contributed by atoms with E-state index in [0.717, 1.165) is 42.3 Å². The number of aliphatic hydroxyl groups is 1. The normalized spacial score (nSPS) is 13.4. The van der Waals surface area contributed by atoms with E-state index in [2.05, 4.69) is 63.6 Å². The number of nitrogens with one attached hydrogen (secondary N) is 1. The van der Waals surface area contributed by atoms with Crippen LogP contribution in [-0.4, -0.2) is 58.8 Å². The highest BCUT2D eigenvalue weighted by atomic mass is 32.2. The van der Waals surface area contributed by atoms with Gasteiger partial charge in [0.25, 0.3) is 0 Å². The van der Waals surface area contributed by atoms with Crippen LogP contribution < -0.4 is 11.1 Å². The lowest BCUT2D eigenvalue weighted by molar-refractivity contribution is -0.135. The van der Waals surface area contributed by atoms with Crippen molar-refractivity contribution in [3.63, 3.8) is 0 Å². The van der Waals surface area contributed by atoms with Crippen LogP contribution in [0.3, 0.4) is 0 Å². The third-order valence-electron chi connectivity index (χ3n) is 5.91. The van der Waals surface area contributed by atoms with E-state index in [1.807, 2.05) is 77.9 Å². The lowest BCUT2D eigenvalue weighted by atomic mass is 9.86. The minimum absolute atomic E-state index is 0.113. The molecule has 1 aromatic carbocycles. The minimum atomic E-state index is -0.372. The number of allylic oxidation sites excluding steroid dienone is 1. The Morgan fingerprint density at radius 2 is 1.71 bits per heavy atom. The van der Waals surface area contributed by atoms with E-state index >= 15 is 0 Å². The highest BCUT2D eigenvalue weighted by Gasteiger charge is 2.34. The molecule has 0 spiro atoms. The summed E-state index contributed by atoms with van der Waals surface area (Å²) >= 11 is 3.16. The second-order valence-corrected chi connectivity index (χ2v) is 13.9. The third kappa shape index (κ3) is 27.5. The fraction of sp³-hybridized carbons (Fsp3) is 0.658. The zero-order valence-corrected chi connectivity index (χ0v) is 34.7. The highest BCUT2D eigenvalue weighted by molar-refractivity contribution is 7.94. The Bertz CT molecular complexity index is 1030. The first-order chi connectivity index (χ1) is 22.6. The van der Waals surface area contributed by atoms with Crippen LogP contribution in [0.1, 0.15) is 121 Å². The van der Waals surface area contributed by atoms with Crippen molar-refractivity contribution in [2.75, 3.05) is 19.4 Å². The molecule has 1 aliphatic rings. The van der Waals surface area contributed by atoms with Crippen molar-refractivity contribution in [3.05, 3.63) is 53.4 Å². The number of hydrogen-bond donors (Lipinski definition) is 3. The second kappa shape index (κ2) is 33.1. The Hall–Kier alpha value is -2.40. The Labute approximate surface area is 303 Å². The molecule has 4 N–H and O–H groups in total. The first-order valence-electron chi connectivity index (χ1n) is 17.3. The van der Waals surface area contributed by atoms with Gasteiger partial charge in [-0.3, -0.25) is 9.59 Å². The van der Waals surface area contributed by atoms with E-state index in [1.54, 1.807) is 18.4 Å². The van der Waals surface area contributed by atoms with E-state index in [4.69, 9.17) is 15.0 Å². The first-order valence-corrected chi connectivity index (χ1v) is 19.1. The van der Waals surface area contributed by atoms with Crippen LogP contribution in [-0.2, 0) is 20.3 Å². The molecule has 0 aliphatic carbocycles. The fourth-order valence-electron chi connectivity index (χ4n) is 3.53. The summed E-state index contributed by atoms with van der Waals surface area (Å²) in [6.07, 6.45) is 4.19. The van der Waals surface area contributed by atoms with Crippen LogP contribution in [0, 0.1) is 18.3 Å². The van der Waals surface area contributed by atoms with Gasteiger partial charge in [0, 0.05) is 24.9 Å². The van der Waals surface area contributed by atoms with Gasteiger partial charge in [0.15, 0.2) is 0 Å². The number of thiazole rings is 1. The fourth-order valence-corrected chi connectivity index (χ4v) is 4.75. The molecule has 0 radical (unpaired) electrons. The molecule has 1 aliphatic heterocycles. The topological polar surface area (TPSA) is 118 Å². The number of carbonyl (C=O) groups is 2. The van der Waals surface area contributed by atoms with E-state index in [1.165, 1.54) is 35.8 Å². The molecule has 10 heteroatoms. The smallest absolute Gasteiger partial charge is 0.240 e. The predicted molar refractivity (Wildman–Crippen MR) is 213 cm³/mol. The summed E-state index contributed by atoms with van der Waals surface area (Å²) in [7, 11) is 1.70. The van der Waals surface area contributed by atoms with Gasteiger partial charge >= 0.3 is 0 Å². The van der Waals surface area contributed by atoms with Crippen LogP contribution in [0.25, 0.3) is 10.4 Å². The van der Waals surface area contributed by atoms with Crippen LogP contribution in [0.4, 0.5) is 0 Å². The minimum Gasteiger partial charge on any atom is -0.513 e. The van der Waals surface area contributed by atoms with Gasteiger partial charge < -0.3 is 25.2 Å². The maximum absolute atomic E-state index is 12.0. The highest BCUT2D eigenvalue weighted by Crippen LogP contribution is 2.27. The Morgan fingerprint density at radius 3 is 2.02 bits per heavy atom. The molecule has 2 amide bonds. The number of aromatic nitrogens is 1. The lowest BCUT2D eigenvalue weighted by Gasteiger charge is -2.31. The largest absolute Gasteiger partial charge is 0.513 e. The van der Waals surface area contributed by atoms with Crippen molar-refractivity contribution in [2.24, 2.45) is 17.1 Å². The molecule has 3 rings (SSSR count). The summed E-state index contributed by atoms with van der Waals surface area (Å²) in [6, 6.07) is 8.15. The van der Waals surface area contributed by atoms with E-state index in [0.29, 0.717) is 19.0 Å². The number of carbonyl (C=O) groups excluding carboxylic acids is 2. The molecular weight excluding hydrogens is 641 g/mol. The van der Waals surface area contributed by atoms with Crippen molar-refractivity contribution >= 4 is 35.7 Å². The number of benzene rings is 1. The molecule has 1 aromatic heterocycles. The van der Waals surface area contributed by atoms with Crippen molar-refractivity contribution in [3.8, 4) is 10.4 Å². The lowest BCUT2D eigenvalue weighted by Crippen LogP contribution is -2.51. The third-order valence-corrected chi connectivity index (χ3v) is 7.92. The van der Waals surface area contributed by atoms with Gasteiger partial charge in [-0.2, -0.15) is 0 Å². The van der Waals surface area contributed by atoms with Gasteiger partial charge in [0.1, 0.15) is 0 Å². The molecule has 1 fully saturated rings. The van der Waals surface area contributed by atoms with E-state index in [9.17, 15) is 9.59 Å². The van der Waals surface area contributed by atoms with Gasteiger partial charge in [-0.05, 0) is 68.1 Å². The number of nitrogens with zero attached hydrogens (tertiary/aromatic N) is 2. The van der Waals surface area contributed by atoms with Crippen molar-refractivity contribution in [1.29, 1.82) is 0 Å². The van der Waals surface area contributed by atoms with Crippen LogP contribution in [0.15, 0.2) is 42.1 Å². The molecule has 280 valence electrons. The molecule has 2 unspecified atom stereocenters. The SMILES string of the molecule is C=C(C)O.CC.CC.CC1CCCN1C(=O)C(N)C(C)(C)C.CCC.COSCC(C)C.Cc1ncsc1-c1ccc(CNC=O)cc1. The molecule has 1 saturated heterocycles. The zero-order chi connectivity index (χ0) is 38.3. The molecule has 0 saturated carbocycles. The monoisotopic (exact) mass is 712 g/mol. The predicted octanol–water partition coefficient (Wildman–Crippen LogP) is 10.2. The summed E-state index contributed by atoms with van der Waals surface area (Å²) in [5.41, 5.74) is 11.0. The van der Waals surface area contributed by atoms with Crippen LogP contribution >= 0.6 is 23.4 Å². The quantitative estimate of drug-likeness (QED) is 0.142. The van der Waals surface area contributed by atoms with E-state index < -0.39 is 0 Å². The maximum atomic E-state index is 12.0. The Kier molecular flexibility index (Phi) is 36.2.